The standard InChI is InChI=1S/C17H17IN2O3/c1-12(7-8-13-5-3-2-4-6-13)19-17(21)15-11-14(20(22)23)9-10-16(15)18/h2-6,9-12H,7-8H2,1H3,(H,19,21). The topological polar surface area (TPSA) is 72.2 Å². The Morgan fingerprint density at radius 2 is 1.96 bits per heavy atom. The quantitative estimate of drug-likeness (QED) is 0.434. The first kappa shape index (κ1) is 17.4. The molecular weight excluding hydrogens is 407 g/mol. The van der Waals surface area contributed by atoms with E-state index in [0.29, 0.717) is 9.13 Å². The summed E-state index contributed by atoms with van der Waals surface area (Å²) in [6, 6.07) is 14.3. The van der Waals surface area contributed by atoms with Gasteiger partial charge in [0.2, 0.25) is 0 Å². The van der Waals surface area contributed by atoms with Gasteiger partial charge in [0.25, 0.3) is 11.6 Å². The minimum atomic E-state index is -0.494. The summed E-state index contributed by atoms with van der Waals surface area (Å²) < 4.78 is 0.695. The maximum atomic E-state index is 12.3. The molecule has 0 aliphatic rings. The Balaban J connectivity index is 1.98. The summed E-state index contributed by atoms with van der Waals surface area (Å²) in [5, 5.41) is 13.7. The number of hydrogen-bond acceptors (Lipinski definition) is 3. The van der Waals surface area contributed by atoms with Gasteiger partial charge in [-0.3, -0.25) is 14.9 Å². The molecule has 1 atom stereocenters. The van der Waals surface area contributed by atoms with Crippen LogP contribution in [0.25, 0.3) is 0 Å². The van der Waals surface area contributed by atoms with E-state index in [9.17, 15) is 14.9 Å². The van der Waals surface area contributed by atoms with E-state index in [0.717, 1.165) is 12.8 Å². The largest absolute Gasteiger partial charge is 0.350 e. The molecule has 1 amide bonds. The smallest absolute Gasteiger partial charge is 0.270 e. The van der Waals surface area contributed by atoms with Gasteiger partial charge in [0.1, 0.15) is 0 Å². The number of benzene rings is 2. The molecule has 0 fully saturated rings. The first-order valence-electron chi connectivity index (χ1n) is 7.26. The predicted octanol–water partition coefficient (Wildman–Crippen LogP) is 3.95. The number of nitrogens with zero attached hydrogens (tertiary/aromatic N) is 1. The Labute approximate surface area is 148 Å². The Morgan fingerprint density at radius 1 is 1.26 bits per heavy atom. The molecule has 5 nitrogen and oxygen atoms in total. The Kier molecular flexibility index (Phi) is 6.09. The van der Waals surface area contributed by atoms with Crippen molar-refractivity contribution in [3.8, 4) is 0 Å². The third-order valence-corrected chi connectivity index (χ3v) is 4.43. The zero-order chi connectivity index (χ0) is 16.8. The molecule has 23 heavy (non-hydrogen) atoms. The first-order chi connectivity index (χ1) is 11.0. The lowest BCUT2D eigenvalue weighted by atomic mass is 10.1. The SMILES string of the molecule is CC(CCc1ccccc1)NC(=O)c1cc([N+](=O)[O-])ccc1I. The highest BCUT2D eigenvalue weighted by atomic mass is 127. The van der Waals surface area contributed by atoms with E-state index in [-0.39, 0.29) is 17.6 Å². The van der Waals surface area contributed by atoms with Gasteiger partial charge >= 0.3 is 0 Å². The van der Waals surface area contributed by atoms with Crippen LogP contribution in [-0.4, -0.2) is 16.9 Å². The number of aryl methyl sites for hydroxylation is 1. The van der Waals surface area contributed by atoms with Crippen LogP contribution in [0.15, 0.2) is 48.5 Å². The average Bonchev–Trinajstić information content (AvgIpc) is 2.54. The molecule has 0 aliphatic heterocycles. The van der Waals surface area contributed by atoms with Gasteiger partial charge < -0.3 is 5.32 Å². The lowest BCUT2D eigenvalue weighted by Crippen LogP contribution is -2.33. The predicted molar refractivity (Wildman–Crippen MR) is 97.5 cm³/mol. The van der Waals surface area contributed by atoms with Gasteiger partial charge in [0.15, 0.2) is 0 Å². The lowest BCUT2D eigenvalue weighted by Gasteiger charge is -2.14. The first-order valence-corrected chi connectivity index (χ1v) is 8.34. The van der Waals surface area contributed by atoms with Gasteiger partial charge in [-0.05, 0) is 54.0 Å². The van der Waals surface area contributed by atoms with Crippen molar-refractivity contribution >= 4 is 34.2 Å². The molecule has 0 aliphatic carbocycles. The number of halogens is 1. The summed E-state index contributed by atoms with van der Waals surface area (Å²) in [7, 11) is 0. The maximum absolute atomic E-state index is 12.3. The highest BCUT2D eigenvalue weighted by Gasteiger charge is 2.17. The zero-order valence-electron chi connectivity index (χ0n) is 12.7. The second-order valence-corrected chi connectivity index (χ2v) is 6.48. The summed E-state index contributed by atoms with van der Waals surface area (Å²) in [5.41, 5.74) is 1.48. The fourth-order valence-corrected chi connectivity index (χ4v) is 2.78. The molecule has 0 spiro atoms. The van der Waals surface area contributed by atoms with Crippen molar-refractivity contribution in [1.82, 2.24) is 5.32 Å². The van der Waals surface area contributed by atoms with Crippen molar-refractivity contribution < 1.29 is 9.72 Å². The molecule has 0 saturated heterocycles. The molecule has 6 heteroatoms. The van der Waals surface area contributed by atoms with Crippen LogP contribution in [0.4, 0.5) is 5.69 Å². The molecule has 0 bridgehead atoms. The summed E-state index contributed by atoms with van der Waals surface area (Å²) in [6.45, 7) is 1.94. The zero-order valence-corrected chi connectivity index (χ0v) is 14.8. The molecule has 2 aromatic carbocycles. The van der Waals surface area contributed by atoms with Crippen LogP contribution < -0.4 is 5.32 Å². The normalized spacial score (nSPS) is 11.7. The summed E-state index contributed by atoms with van der Waals surface area (Å²) in [5.74, 6) is -0.279. The second-order valence-electron chi connectivity index (χ2n) is 5.32. The van der Waals surface area contributed by atoms with Gasteiger partial charge in [0, 0.05) is 21.7 Å². The van der Waals surface area contributed by atoms with E-state index in [1.165, 1.54) is 17.7 Å². The number of carbonyl (C=O) groups excluding carboxylic acids is 1. The lowest BCUT2D eigenvalue weighted by molar-refractivity contribution is -0.384. The van der Waals surface area contributed by atoms with E-state index < -0.39 is 4.92 Å². The molecule has 2 aromatic rings. The number of rotatable bonds is 6. The summed E-state index contributed by atoms with van der Waals surface area (Å²) in [4.78, 5) is 22.7. The van der Waals surface area contributed by atoms with E-state index in [1.54, 1.807) is 6.07 Å². The van der Waals surface area contributed by atoms with Gasteiger partial charge in [-0.15, -0.1) is 0 Å². The Hall–Kier alpha value is -1.96. The minimum absolute atomic E-state index is 0.0160. The number of nitro groups is 1. The van der Waals surface area contributed by atoms with Crippen LogP contribution in [-0.2, 0) is 6.42 Å². The third kappa shape index (κ3) is 5.02. The summed E-state index contributed by atoms with van der Waals surface area (Å²) >= 11 is 2.01. The highest BCUT2D eigenvalue weighted by Crippen LogP contribution is 2.19. The Morgan fingerprint density at radius 3 is 2.61 bits per heavy atom. The van der Waals surface area contributed by atoms with Gasteiger partial charge in [-0.1, -0.05) is 30.3 Å². The Bertz CT molecular complexity index is 704. The van der Waals surface area contributed by atoms with Crippen molar-refractivity contribution in [3.05, 3.63) is 73.3 Å². The van der Waals surface area contributed by atoms with Crippen molar-refractivity contribution in [1.29, 1.82) is 0 Å². The van der Waals surface area contributed by atoms with Crippen molar-refractivity contribution in [2.75, 3.05) is 0 Å². The van der Waals surface area contributed by atoms with Crippen molar-refractivity contribution in [2.45, 2.75) is 25.8 Å². The number of non-ortho nitro benzene ring substituents is 1. The molecule has 0 heterocycles. The molecule has 0 radical (unpaired) electrons. The number of hydrogen-bond donors (Lipinski definition) is 1. The maximum Gasteiger partial charge on any atom is 0.270 e. The molecule has 0 saturated carbocycles. The molecule has 1 N–H and O–H groups in total. The fourth-order valence-electron chi connectivity index (χ4n) is 2.20. The molecule has 120 valence electrons. The van der Waals surface area contributed by atoms with E-state index in [2.05, 4.69) is 17.4 Å². The van der Waals surface area contributed by atoms with Crippen molar-refractivity contribution in [2.24, 2.45) is 0 Å². The fraction of sp³-hybridized carbons (Fsp3) is 0.235. The molecule has 2 rings (SSSR count). The average molecular weight is 424 g/mol. The third-order valence-electron chi connectivity index (χ3n) is 3.49. The minimum Gasteiger partial charge on any atom is -0.350 e. The van der Waals surface area contributed by atoms with Gasteiger partial charge in [-0.25, -0.2) is 0 Å². The van der Waals surface area contributed by atoms with Crippen LogP contribution in [0.3, 0.4) is 0 Å². The number of nitro benzene ring substituents is 1. The van der Waals surface area contributed by atoms with Crippen molar-refractivity contribution in [3.63, 3.8) is 0 Å². The summed E-state index contributed by atoms with van der Waals surface area (Å²) in [6.07, 6.45) is 1.68. The molecule has 1 unspecified atom stereocenters. The van der Waals surface area contributed by atoms with E-state index in [1.807, 2.05) is 47.7 Å². The number of carbonyl (C=O) groups is 1. The van der Waals surface area contributed by atoms with Crippen LogP contribution in [0, 0.1) is 13.7 Å². The molecule has 0 aromatic heterocycles. The van der Waals surface area contributed by atoms with Gasteiger partial charge in [-0.2, -0.15) is 0 Å². The van der Waals surface area contributed by atoms with E-state index >= 15 is 0 Å². The second kappa shape index (κ2) is 8.05. The van der Waals surface area contributed by atoms with E-state index in [4.69, 9.17) is 0 Å². The van der Waals surface area contributed by atoms with Gasteiger partial charge in [0.05, 0.1) is 10.5 Å². The number of nitrogens with one attached hydrogen (secondary N) is 1. The molecular formula is C17H17IN2O3. The number of amides is 1. The monoisotopic (exact) mass is 424 g/mol. The van der Waals surface area contributed by atoms with Crippen LogP contribution in [0.2, 0.25) is 0 Å². The van der Waals surface area contributed by atoms with Crippen LogP contribution >= 0.6 is 22.6 Å². The highest BCUT2D eigenvalue weighted by molar-refractivity contribution is 14.1. The van der Waals surface area contributed by atoms with Crippen LogP contribution in [0.5, 0.6) is 0 Å². The van der Waals surface area contributed by atoms with Crippen LogP contribution in [0.1, 0.15) is 29.3 Å².